The van der Waals surface area contributed by atoms with E-state index in [9.17, 15) is 4.79 Å². The second kappa shape index (κ2) is 5.37. The molecule has 1 unspecified atom stereocenters. The summed E-state index contributed by atoms with van der Waals surface area (Å²) in [5.41, 5.74) is 5.85. The molecule has 4 heteroatoms. The number of hydrogen-bond acceptors (Lipinski definition) is 3. The lowest BCUT2D eigenvalue weighted by molar-refractivity contribution is -0.134. The summed E-state index contributed by atoms with van der Waals surface area (Å²) in [4.78, 5) is 14.2. The predicted molar refractivity (Wildman–Crippen MR) is 74.8 cm³/mol. The molecule has 2 rings (SSSR count). The molecule has 4 nitrogen and oxygen atoms in total. The van der Waals surface area contributed by atoms with Crippen molar-refractivity contribution in [2.24, 2.45) is 5.73 Å². The minimum Gasteiger partial charge on any atom is -0.466 e. The normalized spacial score (nSPS) is 21.9. The van der Waals surface area contributed by atoms with E-state index >= 15 is 0 Å². The highest BCUT2D eigenvalue weighted by Gasteiger charge is 2.39. The number of furan rings is 1. The molecule has 0 saturated carbocycles. The van der Waals surface area contributed by atoms with E-state index in [1.807, 2.05) is 24.0 Å². The third-order valence-electron chi connectivity index (χ3n) is 3.82. The molecule has 0 aromatic carbocycles. The standard InChI is InChI=1S/C15H24N2O2/c1-11-7-8-13(19-11)5-4-6-14(18)17-10-12(16)9-15(17,2)3/h7-8,12H,4-6,9-10,16H2,1-3H3. The Morgan fingerprint density at radius 3 is 2.79 bits per heavy atom. The number of rotatable bonds is 4. The summed E-state index contributed by atoms with van der Waals surface area (Å²) in [6.45, 7) is 6.80. The van der Waals surface area contributed by atoms with Crippen molar-refractivity contribution in [1.29, 1.82) is 0 Å². The van der Waals surface area contributed by atoms with Crippen molar-refractivity contribution < 1.29 is 9.21 Å². The number of carbonyl (C=O) groups is 1. The van der Waals surface area contributed by atoms with Gasteiger partial charge in [0.05, 0.1) is 0 Å². The fraction of sp³-hybridized carbons (Fsp3) is 0.667. The quantitative estimate of drug-likeness (QED) is 0.907. The Kier molecular flexibility index (Phi) is 3.99. The summed E-state index contributed by atoms with van der Waals surface area (Å²) in [6, 6.07) is 4.06. The van der Waals surface area contributed by atoms with Crippen LogP contribution in [0.2, 0.25) is 0 Å². The van der Waals surface area contributed by atoms with Gasteiger partial charge in [0.25, 0.3) is 0 Å². The van der Waals surface area contributed by atoms with Crippen molar-refractivity contribution in [2.75, 3.05) is 6.54 Å². The van der Waals surface area contributed by atoms with Crippen LogP contribution in [-0.2, 0) is 11.2 Å². The molecule has 19 heavy (non-hydrogen) atoms. The molecular weight excluding hydrogens is 240 g/mol. The minimum absolute atomic E-state index is 0.0994. The highest BCUT2D eigenvalue weighted by atomic mass is 16.3. The molecule has 1 amide bonds. The van der Waals surface area contributed by atoms with E-state index in [-0.39, 0.29) is 17.5 Å². The number of hydrogen-bond donors (Lipinski definition) is 1. The van der Waals surface area contributed by atoms with Crippen LogP contribution in [0.15, 0.2) is 16.5 Å². The van der Waals surface area contributed by atoms with Crippen LogP contribution in [0.5, 0.6) is 0 Å². The molecule has 1 aromatic rings. The van der Waals surface area contributed by atoms with E-state index in [2.05, 4.69) is 13.8 Å². The SMILES string of the molecule is Cc1ccc(CCCC(=O)N2CC(N)CC2(C)C)o1. The fourth-order valence-electron chi connectivity index (χ4n) is 2.91. The highest BCUT2D eigenvalue weighted by Crippen LogP contribution is 2.28. The molecule has 106 valence electrons. The van der Waals surface area contributed by atoms with Gasteiger partial charge in [0, 0.05) is 31.0 Å². The van der Waals surface area contributed by atoms with E-state index in [0.717, 1.165) is 30.8 Å². The zero-order chi connectivity index (χ0) is 14.0. The lowest BCUT2D eigenvalue weighted by atomic mass is 10.00. The molecule has 0 spiro atoms. The summed E-state index contributed by atoms with van der Waals surface area (Å²) in [5.74, 6) is 2.09. The molecule has 0 bridgehead atoms. The summed E-state index contributed by atoms with van der Waals surface area (Å²) in [6.07, 6.45) is 3.10. The van der Waals surface area contributed by atoms with Gasteiger partial charge in [-0.2, -0.15) is 0 Å². The predicted octanol–water partition coefficient (Wildman–Crippen LogP) is 2.25. The van der Waals surface area contributed by atoms with Gasteiger partial charge in [-0.3, -0.25) is 4.79 Å². The first-order chi connectivity index (χ1) is 8.88. The van der Waals surface area contributed by atoms with Crippen LogP contribution in [0, 0.1) is 6.92 Å². The van der Waals surface area contributed by atoms with Crippen molar-refractivity contribution in [3.63, 3.8) is 0 Å². The Morgan fingerprint density at radius 1 is 1.53 bits per heavy atom. The van der Waals surface area contributed by atoms with Crippen LogP contribution in [0.1, 0.15) is 44.6 Å². The van der Waals surface area contributed by atoms with Crippen LogP contribution in [0.3, 0.4) is 0 Å². The monoisotopic (exact) mass is 264 g/mol. The van der Waals surface area contributed by atoms with Gasteiger partial charge < -0.3 is 15.1 Å². The summed E-state index contributed by atoms with van der Waals surface area (Å²) < 4.78 is 5.50. The maximum Gasteiger partial charge on any atom is 0.223 e. The first-order valence-corrected chi connectivity index (χ1v) is 7.00. The first kappa shape index (κ1) is 14.1. The number of carbonyl (C=O) groups excluding carboxylic acids is 1. The largest absolute Gasteiger partial charge is 0.466 e. The lowest BCUT2D eigenvalue weighted by Crippen LogP contribution is -2.42. The topological polar surface area (TPSA) is 59.5 Å². The van der Waals surface area contributed by atoms with Gasteiger partial charge in [-0.05, 0) is 45.7 Å². The average molecular weight is 264 g/mol. The van der Waals surface area contributed by atoms with Gasteiger partial charge >= 0.3 is 0 Å². The third-order valence-corrected chi connectivity index (χ3v) is 3.82. The minimum atomic E-state index is -0.0994. The molecule has 2 N–H and O–H groups in total. The molecule has 1 fully saturated rings. The van der Waals surface area contributed by atoms with Crippen LogP contribution in [0.25, 0.3) is 0 Å². The number of amides is 1. The van der Waals surface area contributed by atoms with Gasteiger partial charge in [0.15, 0.2) is 0 Å². The number of nitrogens with two attached hydrogens (primary N) is 1. The number of likely N-dealkylation sites (tertiary alicyclic amines) is 1. The molecule has 1 atom stereocenters. The van der Waals surface area contributed by atoms with Crippen LogP contribution >= 0.6 is 0 Å². The molecule has 2 heterocycles. The summed E-state index contributed by atoms with van der Waals surface area (Å²) in [5, 5.41) is 0. The van der Waals surface area contributed by atoms with Crippen molar-refractivity contribution in [3.8, 4) is 0 Å². The van der Waals surface area contributed by atoms with Crippen molar-refractivity contribution in [1.82, 2.24) is 4.90 Å². The molecule has 1 saturated heterocycles. The van der Waals surface area contributed by atoms with Crippen LogP contribution in [-0.4, -0.2) is 28.9 Å². The zero-order valence-corrected chi connectivity index (χ0v) is 12.1. The molecule has 1 aromatic heterocycles. The van der Waals surface area contributed by atoms with Gasteiger partial charge in [-0.15, -0.1) is 0 Å². The molecular formula is C15H24N2O2. The lowest BCUT2D eigenvalue weighted by Gasteiger charge is -2.31. The second-order valence-electron chi connectivity index (χ2n) is 6.15. The molecule has 0 radical (unpaired) electrons. The van der Waals surface area contributed by atoms with Gasteiger partial charge in [-0.1, -0.05) is 0 Å². The van der Waals surface area contributed by atoms with Gasteiger partial charge in [0.2, 0.25) is 5.91 Å². The first-order valence-electron chi connectivity index (χ1n) is 7.00. The molecule has 1 aliphatic rings. The van der Waals surface area contributed by atoms with Crippen LogP contribution in [0.4, 0.5) is 0 Å². The van der Waals surface area contributed by atoms with E-state index < -0.39 is 0 Å². The van der Waals surface area contributed by atoms with E-state index in [1.165, 1.54) is 0 Å². The summed E-state index contributed by atoms with van der Waals surface area (Å²) in [7, 11) is 0. The van der Waals surface area contributed by atoms with E-state index in [4.69, 9.17) is 10.2 Å². The highest BCUT2D eigenvalue weighted by molar-refractivity contribution is 5.77. The Balaban J connectivity index is 1.81. The van der Waals surface area contributed by atoms with Crippen molar-refractivity contribution >= 4 is 5.91 Å². The van der Waals surface area contributed by atoms with Gasteiger partial charge in [-0.25, -0.2) is 0 Å². The smallest absolute Gasteiger partial charge is 0.223 e. The number of aryl methyl sites for hydroxylation is 2. The van der Waals surface area contributed by atoms with E-state index in [0.29, 0.717) is 13.0 Å². The zero-order valence-electron chi connectivity index (χ0n) is 12.1. The Bertz CT molecular complexity index is 451. The van der Waals surface area contributed by atoms with Crippen LogP contribution < -0.4 is 5.73 Å². The second-order valence-corrected chi connectivity index (χ2v) is 6.15. The van der Waals surface area contributed by atoms with Crippen molar-refractivity contribution in [3.05, 3.63) is 23.7 Å². The summed E-state index contributed by atoms with van der Waals surface area (Å²) >= 11 is 0. The maximum atomic E-state index is 12.2. The Hall–Kier alpha value is -1.29. The fourth-order valence-corrected chi connectivity index (χ4v) is 2.91. The average Bonchev–Trinajstić information content (AvgIpc) is 2.81. The Morgan fingerprint density at radius 2 is 2.26 bits per heavy atom. The Labute approximate surface area is 114 Å². The molecule has 1 aliphatic heterocycles. The van der Waals surface area contributed by atoms with Crippen molar-refractivity contribution in [2.45, 2.75) is 58.0 Å². The number of nitrogens with zero attached hydrogens (tertiary/aromatic N) is 1. The van der Waals surface area contributed by atoms with Gasteiger partial charge in [0.1, 0.15) is 11.5 Å². The third kappa shape index (κ3) is 3.38. The maximum absolute atomic E-state index is 12.2. The molecule has 0 aliphatic carbocycles. The van der Waals surface area contributed by atoms with E-state index in [1.54, 1.807) is 0 Å².